The minimum absolute atomic E-state index is 0. The van der Waals surface area contributed by atoms with Crippen molar-refractivity contribution < 1.29 is 17.9 Å². The molecule has 43 heavy (non-hydrogen) atoms. The van der Waals surface area contributed by atoms with Crippen LogP contribution in [-0.2, 0) is 16.6 Å². The smallest absolute Gasteiger partial charge is 0.251 e. The molecule has 5 rings (SSSR count). The van der Waals surface area contributed by atoms with E-state index < -0.39 is 10.0 Å². The molecule has 1 N–H and O–H groups in total. The van der Waals surface area contributed by atoms with Gasteiger partial charge in [-0.3, -0.25) is 9.69 Å². The third-order valence-electron chi connectivity index (χ3n) is 7.32. The van der Waals surface area contributed by atoms with Crippen molar-refractivity contribution >= 4 is 55.0 Å². The minimum Gasteiger partial charge on any atom is -0.494 e. The lowest BCUT2D eigenvalue weighted by Gasteiger charge is -2.34. The Morgan fingerprint density at radius 3 is 2.40 bits per heavy atom. The number of nitrogens with zero attached hydrogens (tertiary/aromatic N) is 4. The third-order valence-corrected chi connectivity index (χ3v) is 10.3. The van der Waals surface area contributed by atoms with Crippen LogP contribution in [0.5, 0.6) is 5.75 Å². The van der Waals surface area contributed by atoms with Crippen LogP contribution in [0.25, 0.3) is 10.2 Å². The van der Waals surface area contributed by atoms with Gasteiger partial charge in [-0.2, -0.15) is 4.31 Å². The molecular formula is C31H38ClN5O4S2. The lowest BCUT2D eigenvalue weighted by Crippen LogP contribution is -2.48. The number of rotatable bonds is 12. The number of halogens is 1. The summed E-state index contributed by atoms with van der Waals surface area (Å²) in [5.41, 5.74) is 2.35. The topological polar surface area (TPSA) is 95.1 Å². The molecule has 0 spiro atoms. The van der Waals surface area contributed by atoms with Gasteiger partial charge in [-0.25, -0.2) is 13.4 Å². The number of benzene rings is 3. The summed E-state index contributed by atoms with van der Waals surface area (Å²) in [4.78, 5) is 22.4. The van der Waals surface area contributed by atoms with Gasteiger partial charge in [0.15, 0.2) is 5.13 Å². The summed E-state index contributed by atoms with van der Waals surface area (Å²) in [7, 11) is -3.68. The fourth-order valence-corrected chi connectivity index (χ4v) is 7.44. The van der Waals surface area contributed by atoms with Crippen LogP contribution in [0.3, 0.4) is 0 Å². The summed E-state index contributed by atoms with van der Waals surface area (Å²) in [5.74, 6) is 0.658. The van der Waals surface area contributed by atoms with Gasteiger partial charge in [0.1, 0.15) is 5.75 Å². The molecule has 9 nitrogen and oxygen atoms in total. The molecule has 1 fully saturated rings. The van der Waals surface area contributed by atoms with E-state index in [9.17, 15) is 13.2 Å². The van der Waals surface area contributed by atoms with Crippen molar-refractivity contribution in [2.45, 2.75) is 25.3 Å². The van der Waals surface area contributed by atoms with E-state index in [4.69, 9.17) is 9.72 Å². The van der Waals surface area contributed by atoms with Gasteiger partial charge in [0.2, 0.25) is 10.0 Å². The number of ether oxygens (including phenoxy) is 1. The summed E-state index contributed by atoms with van der Waals surface area (Å²) >= 11 is 1.69. The number of nitrogens with one attached hydrogen (secondary N) is 1. The molecule has 1 amide bonds. The number of piperazine rings is 1. The van der Waals surface area contributed by atoms with Crippen LogP contribution in [-0.4, -0.2) is 80.9 Å². The van der Waals surface area contributed by atoms with E-state index in [0.717, 1.165) is 59.4 Å². The van der Waals surface area contributed by atoms with Gasteiger partial charge in [-0.05, 0) is 55.0 Å². The number of carbonyl (C=O) groups is 1. The third kappa shape index (κ3) is 8.04. The van der Waals surface area contributed by atoms with Gasteiger partial charge in [-0.15, -0.1) is 12.4 Å². The highest BCUT2D eigenvalue weighted by Crippen LogP contribution is 2.32. The van der Waals surface area contributed by atoms with Crippen molar-refractivity contribution in [3.8, 4) is 5.75 Å². The number of fused-ring (bicyclic) bond motifs is 1. The van der Waals surface area contributed by atoms with E-state index in [-0.39, 0.29) is 23.2 Å². The van der Waals surface area contributed by atoms with Crippen LogP contribution >= 0.6 is 23.7 Å². The van der Waals surface area contributed by atoms with E-state index in [1.54, 1.807) is 23.5 Å². The lowest BCUT2D eigenvalue weighted by molar-refractivity contribution is 0.0947. The van der Waals surface area contributed by atoms with E-state index in [2.05, 4.69) is 21.2 Å². The number of hydrogen-bond acceptors (Lipinski definition) is 8. The summed E-state index contributed by atoms with van der Waals surface area (Å²) in [6.07, 6.45) is 0. The van der Waals surface area contributed by atoms with Gasteiger partial charge in [0.25, 0.3) is 5.91 Å². The first-order chi connectivity index (χ1) is 20.4. The number of hydrogen-bond donors (Lipinski definition) is 1. The van der Waals surface area contributed by atoms with Crippen molar-refractivity contribution in [3.63, 3.8) is 0 Å². The Hall–Kier alpha value is -3.22. The van der Waals surface area contributed by atoms with Crippen molar-refractivity contribution in [1.82, 2.24) is 19.5 Å². The number of amides is 1. The first kappa shape index (κ1) is 32.7. The summed E-state index contributed by atoms with van der Waals surface area (Å²) in [6, 6.07) is 21.7. The monoisotopic (exact) mass is 643 g/mol. The fourth-order valence-electron chi connectivity index (χ4n) is 4.96. The SMILES string of the molecule is CCOc1ccc2nc(N3CCN(CCNC(=O)c4ccc(S(=O)(=O)N(CC)Cc5ccccc5)cc4)CC3)sc2c1.Cl. The molecule has 4 aromatic rings. The molecule has 0 radical (unpaired) electrons. The maximum Gasteiger partial charge on any atom is 0.251 e. The average Bonchev–Trinajstić information content (AvgIpc) is 3.44. The van der Waals surface area contributed by atoms with Gasteiger partial charge >= 0.3 is 0 Å². The van der Waals surface area contributed by atoms with Crippen LogP contribution in [0.4, 0.5) is 5.13 Å². The van der Waals surface area contributed by atoms with E-state index in [1.165, 1.54) is 16.4 Å². The second-order valence-corrected chi connectivity index (χ2v) is 13.0. The molecule has 0 bridgehead atoms. The van der Waals surface area contributed by atoms with Gasteiger partial charge in [-0.1, -0.05) is 48.6 Å². The van der Waals surface area contributed by atoms with Gasteiger partial charge in [0, 0.05) is 57.9 Å². The van der Waals surface area contributed by atoms with Crippen LogP contribution in [0.15, 0.2) is 77.7 Å². The highest BCUT2D eigenvalue weighted by molar-refractivity contribution is 7.89. The Bertz CT molecular complexity index is 1590. The van der Waals surface area contributed by atoms with E-state index in [0.29, 0.717) is 31.8 Å². The molecule has 12 heteroatoms. The molecule has 1 aromatic heterocycles. The quantitative estimate of drug-likeness (QED) is 0.235. The zero-order valence-corrected chi connectivity index (χ0v) is 26.9. The van der Waals surface area contributed by atoms with Crippen molar-refractivity contribution in [2.24, 2.45) is 0 Å². The Morgan fingerprint density at radius 1 is 1.00 bits per heavy atom. The normalized spacial score (nSPS) is 14.1. The predicted octanol–water partition coefficient (Wildman–Crippen LogP) is 4.88. The van der Waals surface area contributed by atoms with Gasteiger partial charge < -0.3 is 15.0 Å². The van der Waals surface area contributed by atoms with E-state index >= 15 is 0 Å². The maximum absolute atomic E-state index is 13.2. The first-order valence-electron chi connectivity index (χ1n) is 14.3. The molecule has 1 aliphatic heterocycles. The average molecular weight is 644 g/mol. The summed E-state index contributed by atoms with van der Waals surface area (Å²) in [5, 5.41) is 4.00. The molecular weight excluding hydrogens is 606 g/mol. The summed E-state index contributed by atoms with van der Waals surface area (Å²) < 4.78 is 34.6. The Labute approximate surface area is 263 Å². The van der Waals surface area contributed by atoms with E-state index in [1.807, 2.05) is 56.3 Å². The second kappa shape index (κ2) is 15.0. The largest absolute Gasteiger partial charge is 0.494 e. The number of sulfonamides is 1. The predicted molar refractivity (Wildman–Crippen MR) is 175 cm³/mol. The molecule has 1 aliphatic rings. The molecule has 3 aromatic carbocycles. The highest BCUT2D eigenvalue weighted by Gasteiger charge is 2.24. The van der Waals surface area contributed by atoms with Crippen LogP contribution < -0.4 is 15.0 Å². The number of anilines is 1. The van der Waals surface area contributed by atoms with Crippen molar-refractivity contribution in [2.75, 3.05) is 57.3 Å². The maximum atomic E-state index is 13.2. The molecule has 0 atom stereocenters. The number of carbonyl (C=O) groups excluding carboxylic acids is 1. The van der Waals surface area contributed by atoms with Crippen LogP contribution in [0.1, 0.15) is 29.8 Å². The first-order valence-corrected chi connectivity index (χ1v) is 16.6. The molecule has 2 heterocycles. The lowest BCUT2D eigenvalue weighted by atomic mass is 10.2. The van der Waals surface area contributed by atoms with Gasteiger partial charge in [0.05, 0.1) is 21.7 Å². The minimum atomic E-state index is -3.68. The highest BCUT2D eigenvalue weighted by atomic mass is 35.5. The second-order valence-electron chi connectivity index (χ2n) is 10.1. The fraction of sp³-hybridized carbons (Fsp3) is 0.355. The molecule has 0 unspecified atom stereocenters. The zero-order chi connectivity index (χ0) is 29.5. The standard InChI is InChI=1S/C31H37N5O4S2.ClH/c1-3-36(23-24-8-6-5-7-9-24)42(38,39)27-13-10-25(11-14-27)30(37)32-16-17-34-18-20-35(21-19-34)31-33-28-15-12-26(40-4-2)22-29(28)41-31;/h5-15,22H,3-4,16-21,23H2,1-2H3,(H,32,37);1H. The van der Waals surface area contributed by atoms with Crippen molar-refractivity contribution in [1.29, 1.82) is 0 Å². The Kier molecular flexibility index (Phi) is 11.4. The Morgan fingerprint density at radius 2 is 1.72 bits per heavy atom. The van der Waals surface area contributed by atoms with Crippen LogP contribution in [0.2, 0.25) is 0 Å². The molecule has 230 valence electrons. The Balaban J connectivity index is 0.00000423. The number of thiazole rings is 1. The summed E-state index contributed by atoms with van der Waals surface area (Å²) in [6.45, 7) is 9.88. The molecule has 0 saturated carbocycles. The molecule has 1 saturated heterocycles. The number of aromatic nitrogens is 1. The molecule has 0 aliphatic carbocycles. The zero-order valence-electron chi connectivity index (χ0n) is 24.4. The van der Waals surface area contributed by atoms with Crippen molar-refractivity contribution in [3.05, 3.63) is 83.9 Å². The van der Waals surface area contributed by atoms with Crippen LogP contribution in [0, 0.1) is 0 Å².